The highest BCUT2D eigenvalue weighted by Gasteiger charge is 2.30. The van der Waals surface area contributed by atoms with Crippen molar-refractivity contribution in [1.29, 1.82) is 0 Å². The van der Waals surface area contributed by atoms with Gasteiger partial charge in [0, 0.05) is 0 Å². The molecule has 0 radical (unpaired) electrons. The first-order valence-electron chi connectivity index (χ1n) is 7.09. The summed E-state index contributed by atoms with van der Waals surface area (Å²) in [6, 6.07) is 16.8. The molecule has 4 nitrogen and oxygen atoms in total. The number of hydrogen-bond donors (Lipinski definition) is 1. The third kappa shape index (κ3) is 3.03. The van der Waals surface area contributed by atoms with Gasteiger partial charge in [-0.2, -0.15) is 0 Å². The molecule has 2 atom stereocenters. The van der Waals surface area contributed by atoms with E-state index in [1.54, 1.807) is 13.8 Å². The maximum atomic E-state index is 11.6. The van der Waals surface area contributed by atoms with E-state index in [2.05, 4.69) is 0 Å². The van der Waals surface area contributed by atoms with Crippen molar-refractivity contribution in [3.05, 3.63) is 71.3 Å². The fourth-order valence-corrected chi connectivity index (χ4v) is 2.43. The Hall–Kier alpha value is -2.17. The van der Waals surface area contributed by atoms with E-state index in [0.29, 0.717) is 0 Å². The highest BCUT2D eigenvalue weighted by Crippen LogP contribution is 2.33. The van der Waals surface area contributed by atoms with E-state index >= 15 is 0 Å². The molecule has 0 fully saturated rings. The van der Waals surface area contributed by atoms with Crippen LogP contribution in [0.5, 0.6) is 0 Å². The molecule has 2 aromatic carbocycles. The average molecular weight is 300 g/mol. The normalized spacial score (nSPS) is 14.9. The van der Waals surface area contributed by atoms with Gasteiger partial charge in [-0.05, 0) is 30.5 Å². The molecular weight excluding hydrogens is 280 g/mol. The van der Waals surface area contributed by atoms with Crippen LogP contribution in [0.2, 0.25) is 0 Å². The van der Waals surface area contributed by atoms with Crippen molar-refractivity contribution in [3.63, 3.8) is 0 Å². The number of methoxy groups -OCH3 is 1. The quantitative estimate of drug-likeness (QED) is 0.519. The molecule has 2 rings (SSSR count). The third-order valence-electron chi connectivity index (χ3n) is 4.02. The fraction of sp³-hybridized carbons (Fsp3) is 0.278. The minimum absolute atomic E-state index is 0.281. The van der Waals surface area contributed by atoms with E-state index in [1.807, 2.05) is 54.6 Å². The number of carbonyl (C=O) groups is 1. The number of benzene rings is 2. The molecule has 0 amide bonds. The number of esters is 1. The number of ether oxygens (including phenoxy) is 1. The monoisotopic (exact) mass is 300 g/mol. The maximum absolute atomic E-state index is 11.6. The van der Waals surface area contributed by atoms with Crippen molar-refractivity contribution in [2.24, 2.45) is 0 Å². The molecule has 0 bridgehead atoms. The van der Waals surface area contributed by atoms with E-state index in [0.717, 1.165) is 16.7 Å². The number of hydrogen-bond acceptors (Lipinski definition) is 4. The highest BCUT2D eigenvalue weighted by molar-refractivity contribution is 5.77. The van der Waals surface area contributed by atoms with Crippen LogP contribution < -0.4 is 0 Å². The summed E-state index contributed by atoms with van der Waals surface area (Å²) in [5, 5.41) is 9.42. The lowest BCUT2D eigenvalue weighted by atomic mass is 9.87. The van der Waals surface area contributed by atoms with E-state index in [4.69, 9.17) is 9.62 Å². The van der Waals surface area contributed by atoms with Crippen LogP contribution in [-0.2, 0) is 20.0 Å². The lowest BCUT2D eigenvalue weighted by molar-refractivity contribution is -0.310. The summed E-state index contributed by atoms with van der Waals surface area (Å²) in [6.45, 7) is 3.58. The molecule has 0 heterocycles. The molecule has 2 aromatic rings. The van der Waals surface area contributed by atoms with E-state index in [1.165, 1.54) is 7.11 Å². The molecule has 4 heteroatoms. The van der Waals surface area contributed by atoms with Crippen LogP contribution in [-0.4, -0.2) is 18.3 Å². The van der Waals surface area contributed by atoms with E-state index in [-0.39, 0.29) is 11.9 Å². The Balaban J connectivity index is 2.34. The van der Waals surface area contributed by atoms with Gasteiger partial charge in [-0.3, -0.25) is 10.1 Å². The van der Waals surface area contributed by atoms with Crippen LogP contribution in [0.1, 0.15) is 36.5 Å². The Morgan fingerprint density at radius 3 is 2.09 bits per heavy atom. The van der Waals surface area contributed by atoms with Gasteiger partial charge in [-0.25, -0.2) is 4.89 Å². The zero-order valence-electron chi connectivity index (χ0n) is 12.9. The topological polar surface area (TPSA) is 55.8 Å². The molecule has 0 spiro atoms. The summed E-state index contributed by atoms with van der Waals surface area (Å²) in [5.41, 5.74) is 1.52. The minimum atomic E-state index is -0.964. The Labute approximate surface area is 130 Å². The van der Waals surface area contributed by atoms with Crippen LogP contribution >= 0.6 is 0 Å². The Bertz CT molecular complexity index is 621. The Morgan fingerprint density at radius 2 is 1.59 bits per heavy atom. The predicted molar refractivity (Wildman–Crippen MR) is 83.5 cm³/mol. The second kappa shape index (κ2) is 6.73. The summed E-state index contributed by atoms with van der Waals surface area (Å²) in [6.07, 6.45) is 0. The first kappa shape index (κ1) is 16.2. The van der Waals surface area contributed by atoms with Crippen molar-refractivity contribution >= 4 is 5.97 Å². The molecule has 0 aliphatic carbocycles. The average Bonchev–Trinajstić information content (AvgIpc) is 2.60. The molecule has 116 valence electrons. The van der Waals surface area contributed by atoms with Gasteiger partial charge in [0.15, 0.2) is 5.60 Å². The van der Waals surface area contributed by atoms with Crippen molar-refractivity contribution in [2.45, 2.75) is 25.4 Å². The molecule has 0 aromatic heterocycles. The summed E-state index contributed by atoms with van der Waals surface area (Å²) in [5.74, 6) is -0.617. The van der Waals surface area contributed by atoms with Gasteiger partial charge >= 0.3 is 5.97 Å². The first-order valence-corrected chi connectivity index (χ1v) is 7.09. The van der Waals surface area contributed by atoms with Crippen molar-refractivity contribution in [1.82, 2.24) is 0 Å². The maximum Gasteiger partial charge on any atom is 0.312 e. The van der Waals surface area contributed by atoms with Gasteiger partial charge in [0.1, 0.15) is 0 Å². The molecule has 22 heavy (non-hydrogen) atoms. The molecule has 0 saturated heterocycles. The van der Waals surface area contributed by atoms with Gasteiger partial charge in [0.25, 0.3) is 0 Å². The fourth-order valence-electron chi connectivity index (χ4n) is 2.43. The van der Waals surface area contributed by atoms with Crippen LogP contribution in [0, 0.1) is 0 Å². The van der Waals surface area contributed by atoms with Crippen molar-refractivity contribution in [2.75, 3.05) is 7.11 Å². The SMILES string of the molecule is COC(=O)C(C)c1ccc(C(C)(OO)c2ccccc2)cc1. The summed E-state index contributed by atoms with van der Waals surface area (Å²) in [4.78, 5) is 16.4. The van der Waals surface area contributed by atoms with Crippen LogP contribution in [0.4, 0.5) is 0 Å². The smallest absolute Gasteiger partial charge is 0.312 e. The Kier molecular flexibility index (Phi) is 4.96. The van der Waals surface area contributed by atoms with Gasteiger partial charge in [-0.1, -0.05) is 54.6 Å². The second-order valence-electron chi connectivity index (χ2n) is 5.36. The number of rotatable bonds is 5. The van der Waals surface area contributed by atoms with Crippen molar-refractivity contribution in [3.8, 4) is 0 Å². The van der Waals surface area contributed by atoms with E-state index in [9.17, 15) is 10.1 Å². The largest absolute Gasteiger partial charge is 0.469 e. The van der Waals surface area contributed by atoms with Crippen molar-refractivity contribution < 1.29 is 19.7 Å². The highest BCUT2D eigenvalue weighted by atomic mass is 17.1. The van der Waals surface area contributed by atoms with Gasteiger partial charge in [0.2, 0.25) is 0 Å². The molecule has 2 unspecified atom stereocenters. The second-order valence-corrected chi connectivity index (χ2v) is 5.36. The van der Waals surface area contributed by atoms with Crippen LogP contribution in [0.3, 0.4) is 0 Å². The zero-order valence-corrected chi connectivity index (χ0v) is 12.9. The lowest BCUT2D eigenvalue weighted by Gasteiger charge is -2.27. The standard InChI is InChI=1S/C18H20O4/c1-13(17(19)21-3)14-9-11-16(12-10-14)18(2,22-20)15-7-5-4-6-8-15/h4-13,20H,1-3H3. The number of carbonyl (C=O) groups excluding carboxylic acids is 1. The first-order chi connectivity index (χ1) is 10.5. The minimum Gasteiger partial charge on any atom is -0.469 e. The van der Waals surface area contributed by atoms with Gasteiger partial charge in [-0.15, -0.1) is 0 Å². The van der Waals surface area contributed by atoms with Crippen LogP contribution in [0.25, 0.3) is 0 Å². The summed E-state index contributed by atoms with van der Waals surface area (Å²) < 4.78 is 4.75. The zero-order chi connectivity index (χ0) is 16.2. The molecule has 0 aliphatic heterocycles. The lowest BCUT2D eigenvalue weighted by Crippen LogP contribution is -2.26. The molecule has 1 N–H and O–H groups in total. The summed E-state index contributed by atoms with van der Waals surface area (Å²) in [7, 11) is 1.37. The molecule has 0 saturated carbocycles. The Morgan fingerprint density at radius 1 is 1.05 bits per heavy atom. The van der Waals surface area contributed by atoms with Crippen LogP contribution in [0.15, 0.2) is 54.6 Å². The molecule has 0 aliphatic rings. The molecular formula is C18H20O4. The van der Waals surface area contributed by atoms with Gasteiger partial charge < -0.3 is 4.74 Å². The predicted octanol–water partition coefficient (Wildman–Crippen LogP) is 3.72. The van der Waals surface area contributed by atoms with Gasteiger partial charge in [0.05, 0.1) is 13.0 Å². The third-order valence-corrected chi connectivity index (χ3v) is 4.02. The summed E-state index contributed by atoms with van der Waals surface area (Å²) >= 11 is 0. The van der Waals surface area contributed by atoms with E-state index < -0.39 is 5.60 Å².